The predicted molar refractivity (Wildman–Crippen MR) is 121 cm³/mol. The number of sulfonamides is 1. The van der Waals surface area contributed by atoms with Crippen molar-refractivity contribution in [2.24, 2.45) is 5.92 Å². The Balaban J connectivity index is 1.46. The Bertz CT molecular complexity index is 970. The van der Waals surface area contributed by atoms with Crippen LogP contribution in [0.25, 0.3) is 0 Å². The number of ether oxygens (including phenoxy) is 1. The highest BCUT2D eigenvalue weighted by molar-refractivity contribution is 7.89. The zero-order valence-corrected chi connectivity index (χ0v) is 19.5. The van der Waals surface area contributed by atoms with Gasteiger partial charge in [0.2, 0.25) is 15.9 Å². The Hall–Kier alpha value is -2.13. The van der Waals surface area contributed by atoms with Crippen molar-refractivity contribution in [2.45, 2.75) is 75.6 Å². The molecule has 2 fully saturated rings. The van der Waals surface area contributed by atoms with Crippen molar-refractivity contribution >= 4 is 27.5 Å². The number of hydrogen-bond acceptors (Lipinski definition) is 5. The first-order chi connectivity index (χ1) is 15.3. The second-order valence-electron chi connectivity index (χ2n) is 9.20. The summed E-state index contributed by atoms with van der Waals surface area (Å²) in [6.45, 7) is 2.15. The van der Waals surface area contributed by atoms with E-state index in [2.05, 4.69) is 10.6 Å². The minimum absolute atomic E-state index is 0.0244. The second-order valence-corrected chi connectivity index (χ2v) is 11.1. The van der Waals surface area contributed by atoms with Crippen LogP contribution in [0.3, 0.4) is 0 Å². The van der Waals surface area contributed by atoms with Crippen molar-refractivity contribution in [3.05, 3.63) is 17.7 Å². The Morgan fingerprint density at radius 2 is 1.81 bits per heavy atom. The number of anilines is 1. The van der Waals surface area contributed by atoms with E-state index in [0.717, 1.165) is 25.7 Å². The van der Waals surface area contributed by atoms with Crippen LogP contribution in [0.1, 0.15) is 63.4 Å². The normalized spacial score (nSPS) is 23.3. The Morgan fingerprint density at radius 1 is 1.09 bits per heavy atom. The lowest BCUT2D eigenvalue weighted by molar-refractivity contribution is -0.127. The smallest absolute Gasteiger partial charge is 0.262 e. The summed E-state index contributed by atoms with van der Waals surface area (Å²) >= 11 is 0. The van der Waals surface area contributed by atoms with Gasteiger partial charge in [-0.05, 0) is 44.2 Å². The van der Waals surface area contributed by atoms with Crippen molar-refractivity contribution in [1.29, 1.82) is 0 Å². The molecule has 4 rings (SSSR count). The first kappa shape index (κ1) is 23.0. The Labute approximate surface area is 190 Å². The summed E-state index contributed by atoms with van der Waals surface area (Å²) in [4.78, 5) is 24.7. The van der Waals surface area contributed by atoms with Crippen LogP contribution < -0.4 is 15.4 Å². The van der Waals surface area contributed by atoms with E-state index in [0.29, 0.717) is 36.4 Å². The van der Waals surface area contributed by atoms with Gasteiger partial charge in [0.25, 0.3) is 5.91 Å². The molecule has 32 heavy (non-hydrogen) atoms. The van der Waals surface area contributed by atoms with Gasteiger partial charge in [0.1, 0.15) is 5.75 Å². The lowest BCUT2D eigenvalue weighted by Crippen LogP contribution is -2.47. The highest BCUT2D eigenvalue weighted by Gasteiger charge is 2.35. The molecule has 9 heteroatoms. The summed E-state index contributed by atoms with van der Waals surface area (Å²) in [6.07, 6.45) is 9.34. The van der Waals surface area contributed by atoms with Crippen molar-refractivity contribution in [3.63, 3.8) is 0 Å². The fourth-order valence-corrected chi connectivity index (χ4v) is 6.67. The maximum atomic E-state index is 13.5. The quantitative estimate of drug-likeness (QED) is 0.714. The van der Waals surface area contributed by atoms with E-state index >= 15 is 0 Å². The van der Waals surface area contributed by atoms with Crippen molar-refractivity contribution in [2.75, 3.05) is 25.0 Å². The first-order valence-corrected chi connectivity index (χ1v) is 13.2. The lowest BCUT2D eigenvalue weighted by Gasteiger charge is -2.33. The van der Waals surface area contributed by atoms with Crippen LogP contribution in [-0.4, -0.2) is 50.3 Å². The number of piperidine rings is 1. The summed E-state index contributed by atoms with van der Waals surface area (Å²) < 4.78 is 33.7. The number of benzene rings is 1. The van der Waals surface area contributed by atoms with Crippen molar-refractivity contribution in [1.82, 2.24) is 9.62 Å². The van der Waals surface area contributed by atoms with E-state index in [9.17, 15) is 18.0 Å². The fraction of sp³-hybridized carbons (Fsp3) is 0.652. The SMILES string of the molecule is Cc1cc2c(cc1S(=O)(=O)N1CCCC(C(=O)NC3CCCCCCC3)C1)OCC(=O)N2. The molecule has 3 aliphatic rings. The van der Waals surface area contributed by atoms with Crippen molar-refractivity contribution < 1.29 is 22.7 Å². The molecule has 1 aromatic carbocycles. The highest BCUT2D eigenvalue weighted by atomic mass is 32.2. The molecule has 8 nitrogen and oxygen atoms in total. The van der Waals surface area contributed by atoms with Gasteiger partial charge in [-0.25, -0.2) is 8.42 Å². The Morgan fingerprint density at radius 3 is 2.56 bits per heavy atom. The van der Waals surface area contributed by atoms with E-state index in [1.165, 1.54) is 29.6 Å². The number of nitrogens with one attached hydrogen (secondary N) is 2. The number of nitrogens with zero attached hydrogens (tertiary/aromatic N) is 1. The lowest BCUT2D eigenvalue weighted by atomic mass is 9.94. The van der Waals surface area contributed by atoms with Gasteiger partial charge in [0, 0.05) is 25.2 Å². The van der Waals surface area contributed by atoms with Gasteiger partial charge in [-0.15, -0.1) is 0 Å². The summed E-state index contributed by atoms with van der Waals surface area (Å²) in [5.74, 6) is -0.271. The summed E-state index contributed by atoms with van der Waals surface area (Å²) in [5.41, 5.74) is 1.02. The largest absolute Gasteiger partial charge is 0.482 e. The zero-order chi connectivity index (χ0) is 22.7. The molecule has 2 aliphatic heterocycles. The highest BCUT2D eigenvalue weighted by Crippen LogP contribution is 2.35. The van der Waals surface area contributed by atoms with Gasteiger partial charge in [-0.3, -0.25) is 9.59 Å². The van der Waals surface area contributed by atoms with E-state index in [1.807, 2.05) is 0 Å². The molecule has 0 bridgehead atoms. The van der Waals surface area contributed by atoms with E-state index in [-0.39, 0.29) is 41.8 Å². The van der Waals surface area contributed by atoms with Gasteiger partial charge in [0.15, 0.2) is 6.61 Å². The molecule has 176 valence electrons. The van der Waals surface area contributed by atoms with Crippen LogP contribution >= 0.6 is 0 Å². The van der Waals surface area contributed by atoms with Crippen LogP contribution in [0.5, 0.6) is 5.75 Å². The summed E-state index contributed by atoms with van der Waals surface area (Å²) in [5, 5.41) is 5.91. The third-order valence-corrected chi connectivity index (χ3v) is 8.74. The molecule has 1 aliphatic carbocycles. The first-order valence-electron chi connectivity index (χ1n) is 11.7. The van der Waals surface area contributed by atoms with Gasteiger partial charge >= 0.3 is 0 Å². The minimum atomic E-state index is -3.79. The van der Waals surface area contributed by atoms with Gasteiger partial charge < -0.3 is 15.4 Å². The predicted octanol–water partition coefficient (Wildman–Crippen LogP) is 2.96. The maximum Gasteiger partial charge on any atom is 0.262 e. The van der Waals surface area contributed by atoms with E-state index < -0.39 is 10.0 Å². The number of aryl methyl sites for hydroxylation is 1. The molecule has 1 saturated heterocycles. The average molecular weight is 464 g/mol. The minimum Gasteiger partial charge on any atom is -0.482 e. The molecular formula is C23H33N3O5S. The van der Waals surface area contributed by atoms with Crippen LogP contribution in [0, 0.1) is 12.8 Å². The number of carbonyl (C=O) groups excluding carboxylic acids is 2. The zero-order valence-electron chi connectivity index (χ0n) is 18.7. The number of hydrogen-bond donors (Lipinski definition) is 2. The molecule has 2 N–H and O–H groups in total. The Kier molecular flexibility index (Phi) is 7.05. The molecule has 0 radical (unpaired) electrons. The molecule has 1 saturated carbocycles. The molecule has 1 aromatic rings. The molecule has 0 aromatic heterocycles. The summed E-state index contributed by atoms with van der Waals surface area (Å²) in [7, 11) is -3.79. The topological polar surface area (TPSA) is 105 Å². The third kappa shape index (κ3) is 5.09. The van der Waals surface area contributed by atoms with Crippen molar-refractivity contribution in [3.8, 4) is 5.75 Å². The van der Waals surface area contributed by atoms with E-state index in [4.69, 9.17) is 4.74 Å². The molecule has 0 spiro atoms. The number of carbonyl (C=O) groups is 2. The third-order valence-electron chi connectivity index (χ3n) is 6.73. The number of rotatable bonds is 4. The van der Waals surface area contributed by atoms with Crippen LogP contribution in [-0.2, 0) is 19.6 Å². The molecule has 1 atom stereocenters. The molecular weight excluding hydrogens is 430 g/mol. The van der Waals surface area contributed by atoms with Gasteiger partial charge in [-0.2, -0.15) is 4.31 Å². The second kappa shape index (κ2) is 9.79. The fourth-order valence-electron chi connectivity index (χ4n) is 4.93. The van der Waals surface area contributed by atoms with Crippen LogP contribution in [0.4, 0.5) is 5.69 Å². The maximum absolute atomic E-state index is 13.5. The van der Waals surface area contributed by atoms with Gasteiger partial charge in [0.05, 0.1) is 16.5 Å². The number of amides is 2. The van der Waals surface area contributed by atoms with Crippen LogP contribution in [0.2, 0.25) is 0 Å². The van der Waals surface area contributed by atoms with E-state index in [1.54, 1.807) is 13.0 Å². The monoisotopic (exact) mass is 463 g/mol. The molecule has 1 unspecified atom stereocenters. The van der Waals surface area contributed by atoms with Crippen LogP contribution in [0.15, 0.2) is 17.0 Å². The summed E-state index contributed by atoms with van der Waals surface area (Å²) in [6, 6.07) is 3.31. The van der Waals surface area contributed by atoms with Gasteiger partial charge in [-0.1, -0.05) is 32.1 Å². The molecule has 2 heterocycles. The number of fused-ring (bicyclic) bond motifs is 1. The molecule has 2 amide bonds. The average Bonchev–Trinajstić information content (AvgIpc) is 2.75. The standard InChI is InChI=1S/C23H33N3O5S/c1-16-12-19-20(31-15-22(27)25-19)13-21(16)32(29,30)26-11-7-8-17(14-26)23(28)24-18-9-5-3-2-4-6-10-18/h12-13,17-18H,2-11,14-15H2,1H3,(H,24,28)(H,25,27).